The van der Waals surface area contributed by atoms with Gasteiger partial charge in [-0.15, -0.1) is 0 Å². The number of halogens is 1. The highest BCUT2D eigenvalue weighted by atomic mass is 79.9. The zero-order chi connectivity index (χ0) is 8.10. The molecule has 0 bridgehead atoms. The summed E-state index contributed by atoms with van der Waals surface area (Å²) in [6.07, 6.45) is 6.29. The molecule has 2 heteroatoms. The molecule has 0 saturated heterocycles. The second-order valence-corrected chi connectivity index (χ2v) is 3.42. The lowest BCUT2D eigenvalue weighted by molar-refractivity contribution is 0.281. The average Bonchev–Trinajstić information content (AvgIpc) is 2.52. The minimum absolute atomic E-state index is 0.856. The van der Waals surface area contributed by atoms with Crippen molar-refractivity contribution in [3.8, 4) is 0 Å². The van der Waals surface area contributed by atoms with E-state index in [4.69, 9.17) is 4.74 Å². The van der Waals surface area contributed by atoms with E-state index in [0.29, 0.717) is 0 Å². The molecule has 11 heavy (non-hydrogen) atoms. The molecule has 62 valence electrons. The normalized spacial score (nSPS) is 18.0. The predicted molar refractivity (Wildman–Crippen MR) is 50.8 cm³/mol. The predicted octanol–water partition coefficient (Wildman–Crippen LogP) is 3.02. The van der Waals surface area contributed by atoms with Crippen molar-refractivity contribution in [2.75, 3.05) is 11.9 Å². The highest BCUT2D eigenvalue weighted by Gasteiger charge is 2.05. The van der Waals surface area contributed by atoms with Gasteiger partial charge >= 0.3 is 0 Å². The lowest BCUT2D eigenvalue weighted by Crippen LogP contribution is -1.83. The van der Waals surface area contributed by atoms with E-state index in [1.165, 1.54) is 11.1 Å². The number of hydrogen-bond donors (Lipinski definition) is 0. The standard InChI is InChI=1S/C9H13BrO/c1-8(3-2-5-10)9-4-6-11-7-9/h3,7H,2,4-6H2,1H3/b8-3+. The maximum absolute atomic E-state index is 5.14. The fraction of sp³-hybridized carbons (Fsp3) is 0.556. The van der Waals surface area contributed by atoms with Gasteiger partial charge in [0.25, 0.3) is 0 Å². The van der Waals surface area contributed by atoms with Crippen LogP contribution in [0.3, 0.4) is 0 Å². The summed E-state index contributed by atoms with van der Waals surface area (Å²) in [6.45, 7) is 3.00. The fourth-order valence-electron chi connectivity index (χ4n) is 1.08. The van der Waals surface area contributed by atoms with Crippen LogP contribution >= 0.6 is 15.9 Å². The largest absolute Gasteiger partial charge is 0.501 e. The molecule has 0 N–H and O–H groups in total. The zero-order valence-corrected chi connectivity index (χ0v) is 8.36. The topological polar surface area (TPSA) is 9.23 Å². The Labute approximate surface area is 76.3 Å². The van der Waals surface area contributed by atoms with E-state index >= 15 is 0 Å². The second kappa shape index (κ2) is 4.60. The molecule has 0 fully saturated rings. The molecule has 1 rings (SSSR count). The quantitative estimate of drug-likeness (QED) is 0.660. The summed E-state index contributed by atoms with van der Waals surface area (Å²) in [5.41, 5.74) is 2.72. The van der Waals surface area contributed by atoms with Gasteiger partial charge in [0.2, 0.25) is 0 Å². The van der Waals surface area contributed by atoms with E-state index in [1.54, 1.807) is 0 Å². The van der Waals surface area contributed by atoms with E-state index < -0.39 is 0 Å². The van der Waals surface area contributed by atoms with Crippen LogP contribution in [0.2, 0.25) is 0 Å². The summed E-state index contributed by atoms with van der Waals surface area (Å²) in [5, 5.41) is 1.04. The molecule has 0 saturated carbocycles. The van der Waals surface area contributed by atoms with E-state index in [2.05, 4.69) is 28.9 Å². The molecule has 0 amide bonds. The van der Waals surface area contributed by atoms with Gasteiger partial charge in [-0.1, -0.05) is 22.0 Å². The number of alkyl halides is 1. The van der Waals surface area contributed by atoms with Gasteiger partial charge in [-0.2, -0.15) is 0 Å². The summed E-state index contributed by atoms with van der Waals surface area (Å²) in [4.78, 5) is 0. The van der Waals surface area contributed by atoms with Crippen LogP contribution in [0, 0.1) is 0 Å². The van der Waals surface area contributed by atoms with Gasteiger partial charge in [-0.05, 0) is 24.5 Å². The Kier molecular flexibility index (Phi) is 3.70. The molecule has 1 nitrogen and oxygen atoms in total. The first kappa shape index (κ1) is 8.85. The van der Waals surface area contributed by atoms with Crippen molar-refractivity contribution in [1.29, 1.82) is 0 Å². The van der Waals surface area contributed by atoms with Gasteiger partial charge in [0, 0.05) is 11.8 Å². The fourth-order valence-corrected chi connectivity index (χ4v) is 1.31. The van der Waals surface area contributed by atoms with Crippen LogP contribution in [-0.4, -0.2) is 11.9 Å². The van der Waals surface area contributed by atoms with E-state index in [9.17, 15) is 0 Å². The second-order valence-electron chi connectivity index (χ2n) is 2.63. The van der Waals surface area contributed by atoms with Gasteiger partial charge in [-0.3, -0.25) is 0 Å². The molecule has 0 aliphatic carbocycles. The number of ether oxygens (including phenoxy) is 1. The van der Waals surface area contributed by atoms with Crippen LogP contribution in [0.4, 0.5) is 0 Å². The molecule has 0 atom stereocenters. The Morgan fingerprint density at radius 2 is 2.64 bits per heavy atom. The van der Waals surface area contributed by atoms with Crippen molar-refractivity contribution in [2.24, 2.45) is 0 Å². The van der Waals surface area contributed by atoms with Crippen molar-refractivity contribution in [3.05, 3.63) is 23.5 Å². The molecule has 0 aromatic carbocycles. The van der Waals surface area contributed by atoms with Crippen LogP contribution < -0.4 is 0 Å². The first-order chi connectivity index (χ1) is 5.34. The minimum Gasteiger partial charge on any atom is -0.501 e. The van der Waals surface area contributed by atoms with Gasteiger partial charge in [0.15, 0.2) is 0 Å². The molecular formula is C9H13BrO. The monoisotopic (exact) mass is 216 g/mol. The maximum Gasteiger partial charge on any atom is 0.0915 e. The van der Waals surface area contributed by atoms with Gasteiger partial charge in [-0.25, -0.2) is 0 Å². The van der Waals surface area contributed by atoms with Gasteiger partial charge in [0.05, 0.1) is 12.9 Å². The SMILES string of the molecule is C/C(=C\CCBr)C1=COCC1. The van der Waals surface area contributed by atoms with Crippen LogP contribution in [0.1, 0.15) is 19.8 Å². The smallest absolute Gasteiger partial charge is 0.0915 e. The summed E-state index contributed by atoms with van der Waals surface area (Å²) < 4.78 is 5.14. The Morgan fingerprint density at radius 3 is 3.18 bits per heavy atom. The molecular weight excluding hydrogens is 204 g/mol. The van der Waals surface area contributed by atoms with Crippen LogP contribution in [0.25, 0.3) is 0 Å². The number of hydrogen-bond acceptors (Lipinski definition) is 1. The van der Waals surface area contributed by atoms with E-state index in [-0.39, 0.29) is 0 Å². The molecule has 0 unspecified atom stereocenters. The van der Waals surface area contributed by atoms with Crippen molar-refractivity contribution in [1.82, 2.24) is 0 Å². The number of rotatable bonds is 3. The van der Waals surface area contributed by atoms with Crippen molar-refractivity contribution in [3.63, 3.8) is 0 Å². The molecule has 1 aliphatic rings. The average molecular weight is 217 g/mol. The molecule has 0 aromatic rings. The summed E-state index contributed by atoms with van der Waals surface area (Å²) >= 11 is 3.39. The summed E-state index contributed by atoms with van der Waals surface area (Å²) in [5.74, 6) is 0. The Morgan fingerprint density at radius 1 is 1.82 bits per heavy atom. The Balaban J connectivity index is 2.45. The third-order valence-corrected chi connectivity index (χ3v) is 2.24. The maximum atomic E-state index is 5.14. The number of allylic oxidation sites excluding steroid dienone is 2. The first-order valence-electron chi connectivity index (χ1n) is 3.88. The zero-order valence-electron chi connectivity index (χ0n) is 6.77. The first-order valence-corrected chi connectivity index (χ1v) is 5.00. The van der Waals surface area contributed by atoms with Gasteiger partial charge in [0.1, 0.15) is 0 Å². The lowest BCUT2D eigenvalue weighted by Gasteiger charge is -1.97. The highest BCUT2D eigenvalue weighted by molar-refractivity contribution is 9.09. The third kappa shape index (κ3) is 2.70. The lowest BCUT2D eigenvalue weighted by atomic mass is 10.1. The van der Waals surface area contributed by atoms with Crippen LogP contribution in [-0.2, 0) is 4.74 Å². The van der Waals surface area contributed by atoms with Crippen LogP contribution in [0.15, 0.2) is 23.5 Å². The minimum atomic E-state index is 0.856. The summed E-state index contributed by atoms with van der Waals surface area (Å²) in [7, 11) is 0. The van der Waals surface area contributed by atoms with Crippen molar-refractivity contribution in [2.45, 2.75) is 19.8 Å². The van der Waals surface area contributed by atoms with Crippen LogP contribution in [0.5, 0.6) is 0 Å². The van der Waals surface area contributed by atoms with E-state index in [1.807, 2.05) is 6.26 Å². The molecule has 0 radical (unpaired) electrons. The van der Waals surface area contributed by atoms with Crippen molar-refractivity contribution >= 4 is 15.9 Å². The third-order valence-electron chi connectivity index (χ3n) is 1.78. The Bertz CT molecular complexity index is 182. The van der Waals surface area contributed by atoms with Gasteiger partial charge < -0.3 is 4.74 Å². The molecule has 0 spiro atoms. The van der Waals surface area contributed by atoms with E-state index in [0.717, 1.165) is 24.8 Å². The highest BCUT2D eigenvalue weighted by Crippen LogP contribution is 2.19. The summed E-state index contributed by atoms with van der Waals surface area (Å²) in [6, 6.07) is 0. The Hall–Kier alpha value is -0.240. The van der Waals surface area contributed by atoms with Crippen molar-refractivity contribution < 1.29 is 4.74 Å². The molecule has 1 aliphatic heterocycles. The molecule has 0 aromatic heterocycles. The molecule has 1 heterocycles.